The van der Waals surface area contributed by atoms with Crippen LogP contribution in [0.15, 0.2) is 59.7 Å². The molecule has 4 nitrogen and oxygen atoms in total. The van der Waals surface area contributed by atoms with Crippen LogP contribution in [0.2, 0.25) is 0 Å². The predicted octanol–water partition coefficient (Wildman–Crippen LogP) is -1.74. The summed E-state index contributed by atoms with van der Waals surface area (Å²) in [5.74, 6) is 0. The van der Waals surface area contributed by atoms with Gasteiger partial charge in [0.15, 0.2) is 24.6 Å². The van der Waals surface area contributed by atoms with Gasteiger partial charge in [0.2, 0.25) is 0 Å². The maximum Gasteiger partial charge on any atom is 0.276 e. The maximum atomic E-state index is 11.9. The number of halogens is 1. The third-order valence-corrected chi connectivity index (χ3v) is 2.78. The van der Waals surface area contributed by atoms with Gasteiger partial charge in [0.05, 0.1) is 11.0 Å². The van der Waals surface area contributed by atoms with E-state index in [1.807, 2.05) is 59.4 Å². The molecule has 5 heteroatoms. The van der Waals surface area contributed by atoms with Crippen LogP contribution in [0.4, 0.5) is 0 Å². The van der Waals surface area contributed by atoms with Crippen LogP contribution in [0.5, 0.6) is 0 Å². The molecule has 96 valence electrons. The normalized spacial score (nSPS) is 10.1. The van der Waals surface area contributed by atoms with Crippen molar-refractivity contribution in [3.05, 3.63) is 70.9 Å². The van der Waals surface area contributed by atoms with Gasteiger partial charge in [-0.2, -0.15) is 4.57 Å². The first-order valence-corrected chi connectivity index (χ1v) is 5.75. The van der Waals surface area contributed by atoms with Crippen molar-refractivity contribution in [3.63, 3.8) is 0 Å². The molecule has 2 aromatic heterocycles. The third-order valence-electron chi connectivity index (χ3n) is 2.78. The highest BCUT2D eigenvalue weighted by Crippen LogP contribution is 2.05. The van der Waals surface area contributed by atoms with Crippen molar-refractivity contribution >= 4 is 11.0 Å². The monoisotopic (exact) mass is 317 g/mol. The first kappa shape index (κ1) is 13.4. The zero-order chi connectivity index (χ0) is 12.4. The van der Waals surface area contributed by atoms with E-state index in [2.05, 4.69) is 9.97 Å². The molecular weight excluding hydrogens is 306 g/mol. The molecule has 0 radical (unpaired) electrons. The molecule has 0 spiro atoms. The lowest BCUT2D eigenvalue weighted by Crippen LogP contribution is -3.00. The van der Waals surface area contributed by atoms with E-state index < -0.39 is 0 Å². The fourth-order valence-electron chi connectivity index (χ4n) is 1.89. The minimum atomic E-state index is -0.134. The van der Waals surface area contributed by atoms with Crippen LogP contribution in [0, 0.1) is 0 Å². The summed E-state index contributed by atoms with van der Waals surface area (Å²) in [6, 6.07) is 13.3. The Labute approximate surface area is 120 Å². The van der Waals surface area contributed by atoms with Crippen LogP contribution < -0.4 is 27.1 Å². The second kappa shape index (κ2) is 5.75. The number of nitrogens with one attached hydrogen (secondary N) is 1. The summed E-state index contributed by atoms with van der Waals surface area (Å²) in [6.07, 6.45) is 3.83. The molecule has 0 aliphatic heterocycles. The molecule has 0 amide bonds. The predicted molar refractivity (Wildman–Crippen MR) is 68.1 cm³/mol. The molecule has 0 saturated carbocycles. The fraction of sp³-hybridized carbons (Fsp3) is 0.0714. The van der Waals surface area contributed by atoms with E-state index in [1.54, 1.807) is 0 Å². The minimum absolute atomic E-state index is 0. The van der Waals surface area contributed by atoms with Gasteiger partial charge in [0.25, 0.3) is 5.56 Å². The number of H-pyrrole nitrogens is 1. The average molecular weight is 318 g/mol. The third kappa shape index (κ3) is 2.88. The molecule has 3 aromatic rings. The van der Waals surface area contributed by atoms with Crippen molar-refractivity contribution in [3.8, 4) is 0 Å². The van der Waals surface area contributed by atoms with Crippen LogP contribution >= 0.6 is 0 Å². The van der Waals surface area contributed by atoms with E-state index in [1.165, 1.54) is 0 Å². The summed E-state index contributed by atoms with van der Waals surface area (Å²) in [5, 5.41) is 0. The van der Waals surface area contributed by atoms with E-state index in [0.717, 1.165) is 11.0 Å². The van der Waals surface area contributed by atoms with Gasteiger partial charge in [-0.15, -0.1) is 0 Å². The van der Waals surface area contributed by atoms with Crippen LogP contribution in [0.25, 0.3) is 11.0 Å². The SMILES string of the molecule is O=c1[nH]c2ccccc2nc1C[n+]1ccccc1.[Br-]. The van der Waals surface area contributed by atoms with Gasteiger partial charge < -0.3 is 22.0 Å². The lowest BCUT2D eigenvalue weighted by molar-refractivity contribution is -0.689. The van der Waals surface area contributed by atoms with Gasteiger partial charge >= 0.3 is 0 Å². The van der Waals surface area contributed by atoms with Crippen molar-refractivity contribution in [2.45, 2.75) is 6.54 Å². The first-order valence-electron chi connectivity index (χ1n) is 5.75. The summed E-state index contributed by atoms with van der Waals surface area (Å²) in [5.41, 5.74) is 1.96. The standard InChI is InChI=1S/C14H11N3O.BrH/c18-14-13(10-17-8-4-1-5-9-17)15-11-6-2-3-7-12(11)16-14;/h1-9H,10H2;1H. The molecule has 0 atom stereocenters. The van der Waals surface area contributed by atoms with Crippen molar-refractivity contribution in [2.24, 2.45) is 0 Å². The smallest absolute Gasteiger partial charge is 0.276 e. The first-order chi connectivity index (χ1) is 8.83. The number of fused-ring (bicyclic) bond motifs is 1. The van der Waals surface area contributed by atoms with Crippen LogP contribution in [0.1, 0.15) is 5.69 Å². The quantitative estimate of drug-likeness (QED) is 0.571. The van der Waals surface area contributed by atoms with Gasteiger partial charge in [-0.1, -0.05) is 18.2 Å². The van der Waals surface area contributed by atoms with E-state index in [4.69, 9.17) is 0 Å². The topological polar surface area (TPSA) is 49.6 Å². The molecule has 2 heterocycles. The highest BCUT2D eigenvalue weighted by molar-refractivity contribution is 5.73. The maximum absolute atomic E-state index is 11.9. The Morgan fingerprint density at radius 2 is 1.79 bits per heavy atom. The highest BCUT2D eigenvalue weighted by atomic mass is 79.9. The van der Waals surface area contributed by atoms with Gasteiger partial charge in [0, 0.05) is 12.1 Å². The number of hydrogen-bond donors (Lipinski definition) is 1. The molecule has 0 aliphatic rings. The van der Waals surface area contributed by atoms with Crippen molar-refractivity contribution in [2.75, 3.05) is 0 Å². The Bertz CT molecular complexity index is 740. The number of hydrogen-bond acceptors (Lipinski definition) is 2. The molecule has 1 N–H and O–H groups in total. The second-order valence-corrected chi connectivity index (χ2v) is 4.08. The van der Waals surface area contributed by atoms with Crippen molar-refractivity contribution in [1.82, 2.24) is 9.97 Å². The number of aromatic amines is 1. The van der Waals surface area contributed by atoms with Gasteiger partial charge in [0.1, 0.15) is 0 Å². The van der Waals surface area contributed by atoms with Crippen LogP contribution in [-0.4, -0.2) is 9.97 Å². The van der Waals surface area contributed by atoms with E-state index >= 15 is 0 Å². The number of pyridine rings is 1. The van der Waals surface area contributed by atoms with E-state index in [-0.39, 0.29) is 22.5 Å². The van der Waals surface area contributed by atoms with E-state index in [9.17, 15) is 4.79 Å². The number of aromatic nitrogens is 3. The molecule has 0 saturated heterocycles. The van der Waals surface area contributed by atoms with Crippen LogP contribution in [-0.2, 0) is 6.54 Å². The Balaban J connectivity index is 0.00000133. The summed E-state index contributed by atoms with van der Waals surface area (Å²) in [4.78, 5) is 19.2. The molecule has 3 rings (SSSR count). The lowest BCUT2D eigenvalue weighted by atomic mass is 10.3. The summed E-state index contributed by atoms with van der Waals surface area (Å²) in [6.45, 7) is 0.473. The van der Waals surface area contributed by atoms with Gasteiger partial charge in [-0.25, -0.2) is 4.98 Å². The molecule has 0 bridgehead atoms. The Morgan fingerprint density at radius 3 is 2.58 bits per heavy atom. The molecule has 19 heavy (non-hydrogen) atoms. The number of benzene rings is 1. The largest absolute Gasteiger partial charge is 1.00 e. The molecule has 0 aliphatic carbocycles. The van der Waals surface area contributed by atoms with E-state index in [0.29, 0.717) is 12.2 Å². The molecule has 0 fully saturated rings. The summed E-state index contributed by atoms with van der Waals surface area (Å²) < 4.78 is 1.92. The van der Waals surface area contributed by atoms with Crippen molar-refractivity contribution < 1.29 is 21.5 Å². The summed E-state index contributed by atoms with van der Waals surface area (Å²) >= 11 is 0. The van der Waals surface area contributed by atoms with Crippen LogP contribution in [0.3, 0.4) is 0 Å². The molecule has 0 unspecified atom stereocenters. The zero-order valence-corrected chi connectivity index (χ0v) is 11.7. The fourth-order valence-corrected chi connectivity index (χ4v) is 1.89. The zero-order valence-electron chi connectivity index (χ0n) is 10.1. The summed E-state index contributed by atoms with van der Waals surface area (Å²) in [7, 11) is 0. The Hall–Kier alpha value is -2.01. The second-order valence-electron chi connectivity index (χ2n) is 4.08. The average Bonchev–Trinajstić information content (AvgIpc) is 2.41. The van der Waals surface area contributed by atoms with Crippen molar-refractivity contribution in [1.29, 1.82) is 0 Å². The number of nitrogens with zero attached hydrogens (tertiary/aromatic N) is 2. The minimum Gasteiger partial charge on any atom is -1.00 e. The van der Waals surface area contributed by atoms with Gasteiger partial charge in [-0.3, -0.25) is 4.79 Å². The van der Waals surface area contributed by atoms with Gasteiger partial charge in [-0.05, 0) is 12.1 Å². The highest BCUT2D eigenvalue weighted by Gasteiger charge is 2.09. The Morgan fingerprint density at radius 1 is 1.05 bits per heavy atom. The molecular formula is C14H12BrN3O. The number of para-hydroxylation sites is 2. The number of rotatable bonds is 2. The lowest BCUT2D eigenvalue weighted by Gasteiger charge is -1.99. The Kier molecular flexibility index (Phi) is 4.06. The molecule has 1 aromatic carbocycles.